The van der Waals surface area contributed by atoms with Crippen LogP contribution in [0.4, 0.5) is 5.95 Å². The van der Waals surface area contributed by atoms with Crippen molar-refractivity contribution in [1.29, 1.82) is 0 Å². The molecule has 0 spiro atoms. The lowest BCUT2D eigenvalue weighted by Gasteiger charge is -2.34. The molecule has 1 aromatic carbocycles. The lowest BCUT2D eigenvalue weighted by molar-refractivity contribution is -0.128. The zero-order valence-electron chi connectivity index (χ0n) is 19.0. The van der Waals surface area contributed by atoms with Gasteiger partial charge in [0.05, 0.1) is 0 Å². The summed E-state index contributed by atoms with van der Waals surface area (Å²) in [7, 11) is 0. The summed E-state index contributed by atoms with van der Waals surface area (Å²) in [4.78, 5) is 41.0. The molecule has 0 bridgehead atoms. The number of nitrogens with one attached hydrogen (secondary N) is 3. The summed E-state index contributed by atoms with van der Waals surface area (Å²) in [6.07, 6.45) is 6.74. The minimum Gasteiger partial charge on any atom is -0.361 e. The number of carbonyl (C=O) groups excluding carboxylic acids is 2. The molecular formula is C24H31N7O2. The van der Waals surface area contributed by atoms with Gasteiger partial charge in [0.1, 0.15) is 6.04 Å². The van der Waals surface area contributed by atoms with Gasteiger partial charge in [-0.1, -0.05) is 18.2 Å². The van der Waals surface area contributed by atoms with E-state index in [1.165, 1.54) is 6.92 Å². The van der Waals surface area contributed by atoms with Crippen LogP contribution in [0.3, 0.4) is 0 Å². The van der Waals surface area contributed by atoms with Crippen molar-refractivity contribution in [2.24, 2.45) is 0 Å². The van der Waals surface area contributed by atoms with Crippen LogP contribution in [0.2, 0.25) is 0 Å². The Kier molecular flexibility index (Phi) is 7.51. The minimum absolute atomic E-state index is 0.151. The fraction of sp³-hybridized carbons (Fsp3) is 0.417. The number of aromatic nitrogens is 3. The summed E-state index contributed by atoms with van der Waals surface area (Å²) in [5.74, 6) is 0.417. The smallest absolute Gasteiger partial charge is 0.242 e. The quantitative estimate of drug-likeness (QED) is 0.426. The Morgan fingerprint density at radius 3 is 2.61 bits per heavy atom. The van der Waals surface area contributed by atoms with E-state index >= 15 is 0 Å². The number of para-hydroxylation sites is 1. The maximum absolute atomic E-state index is 12.8. The van der Waals surface area contributed by atoms with Crippen molar-refractivity contribution in [2.45, 2.75) is 25.8 Å². The zero-order chi connectivity index (χ0) is 23.0. The number of hydrogen-bond acceptors (Lipinski definition) is 6. The highest BCUT2D eigenvalue weighted by Crippen LogP contribution is 2.19. The van der Waals surface area contributed by atoms with Gasteiger partial charge < -0.3 is 20.5 Å². The van der Waals surface area contributed by atoms with Crippen molar-refractivity contribution in [3.63, 3.8) is 0 Å². The Morgan fingerprint density at radius 1 is 1.09 bits per heavy atom. The number of anilines is 1. The molecule has 1 unspecified atom stereocenters. The molecule has 1 aliphatic heterocycles. The SMILES string of the molecule is CC(=O)NC(Cc1c[nH]c2ccccc12)C(=O)NCCCN1CCN(c2ncccn2)CC1. The summed E-state index contributed by atoms with van der Waals surface area (Å²) < 4.78 is 0. The number of rotatable bonds is 9. The Morgan fingerprint density at radius 2 is 1.85 bits per heavy atom. The standard InChI is InChI=1S/C24H31N7O2/c1-18(32)29-22(16-19-17-28-21-7-3-2-6-20(19)21)23(33)25-10-5-11-30-12-14-31(15-13-30)24-26-8-4-9-27-24/h2-4,6-9,17,22,28H,5,10-16H2,1H3,(H,25,33)(H,29,32). The molecule has 174 valence electrons. The van der Waals surface area contributed by atoms with Gasteiger partial charge in [0, 0.05) is 75.6 Å². The molecule has 1 aliphatic rings. The van der Waals surface area contributed by atoms with Gasteiger partial charge in [-0.15, -0.1) is 0 Å². The Labute approximate surface area is 193 Å². The van der Waals surface area contributed by atoms with Gasteiger partial charge in [0.2, 0.25) is 17.8 Å². The Balaban J connectivity index is 1.22. The van der Waals surface area contributed by atoms with Crippen molar-refractivity contribution in [1.82, 2.24) is 30.5 Å². The van der Waals surface area contributed by atoms with Gasteiger partial charge in [-0.2, -0.15) is 0 Å². The molecular weight excluding hydrogens is 418 g/mol. The van der Waals surface area contributed by atoms with Crippen LogP contribution in [0.15, 0.2) is 48.9 Å². The second-order valence-corrected chi connectivity index (χ2v) is 8.34. The van der Waals surface area contributed by atoms with E-state index in [4.69, 9.17) is 0 Å². The third kappa shape index (κ3) is 6.07. The van der Waals surface area contributed by atoms with Gasteiger partial charge in [-0.05, 0) is 30.7 Å². The zero-order valence-corrected chi connectivity index (χ0v) is 19.0. The number of carbonyl (C=O) groups is 2. The van der Waals surface area contributed by atoms with E-state index in [1.807, 2.05) is 36.5 Å². The van der Waals surface area contributed by atoms with E-state index in [0.717, 1.165) is 61.6 Å². The van der Waals surface area contributed by atoms with Crippen LogP contribution in [-0.4, -0.2) is 77.0 Å². The molecule has 0 aliphatic carbocycles. The van der Waals surface area contributed by atoms with Gasteiger partial charge in [0.15, 0.2) is 0 Å². The van der Waals surface area contributed by atoms with Crippen LogP contribution in [0.1, 0.15) is 18.9 Å². The van der Waals surface area contributed by atoms with Crippen LogP contribution < -0.4 is 15.5 Å². The van der Waals surface area contributed by atoms with E-state index in [-0.39, 0.29) is 11.8 Å². The van der Waals surface area contributed by atoms with E-state index in [0.29, 0.717) is 13.0 Å². The van der Waals surface area contributed by atoms with E-state index < -0.39 is 6.04 Å². The fourth-order valence-corrected chi connectivity index (χ4v) is 4.24. The van der Waals surface area contributed by atoms with Crippen molar-refractivity contribution in [3.8, 4) is 0 Å². The average molecular weight is 450 g/mol. The summed E-state index contributed by atoms with van der Waals surface area (Å²) in [6, 6.07) is 9.18. The summed E-state index contributed by atoms with van der Waals surface area (Å²) in [6.45, 7) is 6.61. The first-order chi connectivity index (χ1) is 16.1. The van der Waals surface area contributed by atoms with Crippen molar-refractivity contribution in [3.05, 3.63) is 54.5 Å². The molecule has 1 fully saturated rings. The third-order valence-electron chi connectivity index (χ3n) is 5.95. The largest absolute Gasteiger partial charge is 0.361 e. The number of H-pyrrole nitrogens is 1. The number of amides is 2. The molecule has 4 rings (SSSR count). The normalized spacial score (nSPS) is 15.4. The monoisotopic (exact) mass is 449 g/mol. The first-order valence-corrected chi connectivity index (χ1v) is 11.4. The highest BCUT2D eigenvalue weighted by Gasteiger charge is 2.22. The molecule has 1 saturated heterocycles. The molecule has 3 heterocycles. The molecule has 2 aromatic heterocycles. The molecule has 1 atom stereocenters. The molecule has 2 amide bonds. The summed E-state index contributed by atoms with van der Waals surface area (Å²) >= 11 is 0. The van der Waals surface area contributed by atoms with Crippen LogP contribution in [0.5, 0.6) is 0 Å². The maximum atomic E-state index is 12.8. The molecule has 9 nitrogen and oxygen atoms in total. The Bertz CT molecular complexity index is 1060. The van der Waals surface area contributed by atoms with Gasteiger partial charge >= 0.3 is 0 Å². The fourth-order valence-electron chi connectivity index (χ4n) is 4.24. The highest BCUT2D eigenvalue weighted by atomic mass is 16.2. The van der Waals surface area contributed by atoms with Crippen molar-refractivity contribution in [2.75, 3.05) is 44.2 Å². The lowest BCUT2D eigenvalue weighted by atomic mass is 10.0. The van der Waals surface area contributed by atoms with Crippen molar-refractivity contribution >= 4 is 28.7 Å². The number of fused-ring (bicyclic) bond motifs is 1. The van der Waals surface area contributed by atoms with E-state index in [9.17, 15) is 9.59 Å². The van der Waals surface area contributed by atoms with E-state index in [2.05, 4.69) is 35.4 Å². The maximum Gasteiger partial charge on any atom is 0.242 e. The molecule has 0 saturated carbocycles. The summed E-state index contributed by atoms with van der Waals surface area (Å²) in [5, 5.41) is 6.87. The predicted molar refractivity (Wildman–Crippen MR) is 128 cm³/mol. The van der Waals surface area contributed by atoms with Crippen LogP contribution >= 0.6 is 0 Å². The van der Waals surface area contributed by atoms with Crippen LogP contribution in [0.25, 0.3) is 10.9 Å². The molecule has 0 radical (unpaired) electrons. The first-order valence-electron chi connectivity index (χ1n) is 11.4. The second-order valence-electron chi connectivity index (χ2n) is 8.34. The molecule has 33 heavy (non-hydrogen) atoms. The number of hydrogen-bond donors (Lipinski definition) is 3. The van der Waals surface area contributed by atoms with Crippen LogP contribution in [0, 0.1) is 0 Å². The Hall–Kier alpha value is -3.46. The predicted octanol–water partition coefficient (Wildman–Crippen LogP) is 1.33. The summed E-state index contributed by atoms with van der Waals surface area (Å²) in [5.41, 5.74) is 2.04. The number of nitrogens with zero attached hydrogens (tertiary/aromatic N) is 4. The average Bonchev–Trinajstić information content (AvgIpc) is 3.25. The van der Waals surface area contributed by atoms with E-state index in [1.54, 1.807) is 12.4 Å². The second kappa shape index (κ2) is 10.9. The molecule has 3 N–H and O–H groups in total. The number of aromatic amines is 1. The van der Waals surface area contributed by atoms with Gasteiger partial charge in [0.25, 0.3) is 0 Å². The van der Waals surface area contributed by atoms with Crippen molar-refractivity contribution < 1.29 is 9.59 Å². The lowest BCUT2D eigenvalue weighted by Crippen LogP contribution is -2.49. The molecule has 9 heteroatoms. The number of benzene rings is 1. The topological polar surface area (TPSA) is 106 Å². The van der Waals surface area contributed by atoms with Gasteiger partial charge in [-0.25, -0.2) is 9.97 Å². The number of piperazine rings is 1. The van der Waals surface area contributed by atoms with Gasteiger partial charge in [-0.3, -0.25) is 14.5 Å². The first kappa shape index (κ1) is 22.7. The third-order valence-corrected chi connectivity index (χ3v) is 5.95. The van der Waals surface area contributed by atoms with Crippen LogP contribution in [-0.2, 0) is 16.0 Å². The minimum atomic E-state index is -0.601. The highest BCUT2D eigenvalue weighted by molar-refractivity contribution is 5.89. The molecule has 3 aromatic rings.